The van der Waals surface area contributed by atoms with E-state index in [1.54, 1.807) is 48.5 Å². The Balaban J connectivity index is 1.70. The molecule has 0 atom stereocenters. The summed E-state index contributed by atoms with van der Waals surface area (Å²) in [7, 11) is 0. The van der Waals surface area contributed by atoms with Gasteiger partial charge in [-0.15, -0.1) is 0 Å². The van der Waals surface area contributed by atoms with Crippen LogP contribution in [0.1, 0.15) is 27.9 Å². The Bertz CT molecular complexity index is 971. The highest BCUT2D eigenvalue weighted by Crippen LogP contribution is 2.23. The van der Waals surface area contributed by atoms with Crippen LogP contribution in [0.2, 0.25) is 10.0 Å². The zero-order valence-electron chi connectivity index (χ0n) is 14.4. The first kappa shape index (κ1) is 19.2. The van der Waals surface area contributed by atoms with Crippen LogP contribution in [0.15, 0.2) is 72.8 Å². The van der Waals surface area contributed by atoms with E-state index in [2.05, 4.69) is 5.32 Å². The predicted octanol–water partition coefficient (Wildman–Crippen LogP) is 5.80. The van der Waals surface area contributed by atoms with Gasteiger partial charge in [-0.2, -0.15) is 0 Å². The third-order valence-corrected chi connectivity index (χ3v) is 4.71. The molecule has 136 valence electrons. The van der Waals surface area contributed by atoms with E-state index in [1.165, 1.54) is 0 Å². The predicted molar refractivity (Wildman–Crippen MR) is 110 cm³/mol. The van der Waals surface area contributed by atoms with E-state index in [-0.39, 0.29) is 18.1 Å². The molecule has 0 saturated heterocycles. The average Bonchev–Trinajstić information content (AvgIpc) is 2.68. The number of halogens is 2. The first-order valence-electron chi connectivity index (χ1n) is 8.47. The number of carbonyl (C=O) groups is 2. The summed E-state index contributed by atoms with van der Waals surface area (Å²) < 4.78 is 0. The maximum atomic E-state index is 12.7. The van der Waals surface area contributed by atoms with Crippen LogP contribution in [0, 0.1) is 0 Å². The summed E-state index contributed by atoms with van der Waals surface area (Å²) in [6.45, 7) is 0. The summed E-state index contributed by atoms with van der Waals surface area (Å²) in [4.78, 5) is 25.1. The molecule has 3 aromatic carbocycles. The number of benzene rings is 3. The molecule has 0 bridgehead atoms. The highest BCUT2D eigenvalue weighted by Gasteiger charge is 2.15. The quantitative estimate of drug-likeness (QED) is 0.534. The van der Waals surface area contributed by atoms with Crippen LogP contribution in [-0.2, 0) is 11.2 Å². The van der Waals surface area contributed by atoms with Crippen molar-refractivity contribution in [1.82, 2.24) is 0 Å². The van der Waals surface area contributed by atoms with Crippen molar-refractivity contribution < 1.29 is 9.59 Å². The number of carbonyl (C=O) groups excluding carboxylic acids is 2. The van der Waals surface area contributed by atoms with Crippen molar-refractivity contribution in [1.29, 1.82) is 0 Å². The molecule has 3 nitrogen and oxygen atoms in total. The van der Waals surface area contributed by atoms with Crippen LogP contribution < -0.4 is 5.32 Å². The highest BCUT2D eigenvalue weighted by atomic mass is 35.5. The van der Waals surface area contributed by atoms with Crippen molar-refractivity contribution in [3.63, 3.8) is 0 Å². The Morgan fingerprint density at radius 2 is 1.56 bits per heavy atom. The van der Waals surface area contributed by atoms with E-state index in [1.807, 2.05) is 24.3 Å². The van der Waals surface area contributed by atoms with Gasteiger partial charge in [-0.25, -0.2) is 0 Å². The summed E-state index contributed by atoms with van der Waals surface area (Å²) in [5.41, 5.74) is 2.39. The first-order valence-corrected chi connectivity index (χ1v) is 9.23. The third-order valence-electron chi connectivity index (χ3n) is 4.12. The van der Waals surface area contributed by atoms with Gasteiger partial charge in [0, 0.05) is 27.6 Å². The van der Waals surface area contributed by atoms with Gasteiger partial charge in [-0.05, 0) is 36.2 Å². The van der Waals surface area contributed by atoms with Crippen LogP contribution in [0.4, 0.5) is 5.69 Å². The van der Waals surface area contributed by atoms with Gasteiger partial charge in [0.05, 0.1) is 5.69 Å². The van der Waals surface area contributed by atoms with Crippen molar-refractivity contribution in [2.45, 2.75) is 12.8 Å². The van der Waals surface area contributed by atoms with Gasteiger partial charge < -0.3 is 5.32 Å². The molecule has 0 aliphatic heterocycles. The molecule has 1 N–H and O–H groups in total. The molecule has 5 heteroatoms. The van der Waals surface area contributed by atoms with Gasteiger partial charge in [0.25, 0.3) is 0 Å². The van der Waals surface area contributed by atoms with Gasteiger partial charge in [0.1, 0.15) is 0 Å². The number of amides is 1. The Kier molecular flexibility index (Phi) is 6.28. The smallest absolute Gasteiger partial charge is 0.224 e. The molecule has 3 aromatic rings. The lowest BCUT2D eigenvalue weighted by Gasteiger charge is -2.11. The second kappa shape index (κ2) is 8.85. The minimum Gasteiger partial charge on any atom is -0.325 e. The van der Waals surface area contributed by atoms with Crippen LogP contribution in [0.25, 0.3) is 0 Å². The van der Waals surface area contributed by atoms with Crippen molar-refractivity contribution >= 4 is 40.6 Å². The van der Waals surface area contributed by atoms with Gasteiger partial charge in [0.2, 0.25) is 5.91 Å². The molecule has 0 spiro atoms. The molecule has 0 aromatic heterocycles. The molecule has 0 aliphatic rings. The van der Waals surface area contributed by atoms with Crippen molar-refractivity contribution in [3.8, 4) is 0 Å². The molecule has 0 fully saturated rings. The lowest BCUT2D eigenvalue weighted by molar-refractivity contribution is -0.116. The summed E-state index contributed by atoms with van der Waals surface area (Å²) in [6, 6.07) is 21.2. The lowest BCUT2D eigenvalue weighted by atomic mass is 10.0. The first-order chi connectivity index (χ1) is 13.0. The molecular weight excluding hydrogens is 381 g/mol. The average molecular weight is 398 g/mol. The van der Waals surface area contributed by atoms with E-state index in [0.29, 0.717) is 33.3 Å². The molecule has 3 rings (SSSR count). The number of nitrogens with one attached hydrogen (secondary N) is 1. The Morgan fingerprint density at radius 3 is 2.30 bits per heavy atom. The number of anilines is 1. The summed E-state index contributed by atoms with van der Waals surface area (Å²) >= 11 is 12.0. The minimum absolute atomic E-state index is 0.132. The molecule has 0 saturated carbocycles. The number of rotatable bonds is 6. The van der Waals surface area contributed by atoms with Crippen molar-refractivity contribution in [3.05, 3.63) is 99.5 Å². The van der Waals surface area contributed by atoms with Crippen LogP contribution in [-0.4, -0.2) is 11.7 Å². The third kappa shape index (κ3) is 4.97. The second-order valence-corrected chi connectivity index (χ2v) is 6.87. The van der Waals surface area contributed by atoms with Gasteiger partial charge in [0.15, 0.2) is 5.78 Å². The standard InChI is InChI=1S/C22H17Cl2NO2/c23-17-12-10-15(19(24)14-17)11-13-21(26)25-20-9-5-4-8-18(20)22(27)16-6-2-1-3-7-16/h1-10,12,14H,11,13H2,(H,25,26). The Labute approximate surface area is 167 Å². The van der Waals surface area contributed by atoms with E-state index >= 15 is 0 Å². The fraction of sp³-hybridized carbons (Fsp3) is 0.0909. The number of hydrogen-bond acceptors (Lipinski definition) is 2. The van der Waals surface area contributed by atoms with Crippen LogP contribution in [0.3, 0.4) is 0 Å². The maximum Gasteiger partial charge on any atom is 0.224 e. The van der Waals surface area contributed by atoms with E-state index in [9.17, 15) is 9.59 Å². The SMILES string of the molecule is O=C(CCc1ccc(Cl)cc1Cl)Nc1ccccc1C(=O)c1ccccc1. The molecule has 0 radical (unpaired) electrons. The minimum atomic E-state index is -0.186. The normalized spacial score (nSPS) is 10.4. The number of para-hydroxylation sites is 1. The number of hydrogen-bond donors (Lipinski definition) is 1. The molecular formula is C22H17Cl2NO2. The summed E-state index contributed by atoms with van der Waals surface area (Å²) in [5.74, 6) is -0.318. The highest BCUT2D eigenvalue weighted by molar-refractivity contribution is 6.35. The van der Waals surface area contributed by atoms with E-state index in [4.69, 9.17) is 23.2 Å². The summed E-state index contributed by atoms with van der Waals surface area (Å²) in [6.07, 6.45) is 0.728. The molecule has 0 aliphatic carbocycles. The van der Waals surface area contributed by atoms with Crippen molar-refractivity contribution in [2.24, 2.45) is 0 Å². The van der Waals surface area contributed by atoms with Gasteiger partial charge in [-0.1, -0.05) is 71.7 Å². The molecule has 27 heavy (non-hydrogen) atoms. The zero-order valence-corrected chi connectivity index (χ0v) is 15.9. The fourth-order valence-electron chi connectivity index (χ4n) is 2.72. The molecule has 1 amide bonds. The lowest BCUT2D eigenvalue weighted by Crippen LogP contribution is -2.15. The maximum absolute atomic E-state index is 12.7. The van der Waals surface area contributed by atoms with Crippen LogP contribution >= 0.6 is 23.2 Å². The van der Waals surface area contributed by atoms with E-state index in [0.717, 1.165) is 5.56 Å². The number of aryl methyl sites for hydroxylation is 1. The van der Waals surface area contributed by atoms with Gasteiger partial charge in [-0.3, -0.25) is 9.59 Å². The topological polar surface area (TPSA) is 46.2 Å². The molecule has 0 heterocycles. The van der Waals surface area contributed by atoms with Crippen molar-refractivity contribution in [2.75, 3.05) is 5.32 Å². The fourth-order valence-corrected chi connectivity index (χ4v) is 3.22. The Hall–Kier alpha value is -2.62. The van der Waals surface area contributed by atoms with E-state index < -0.39 is 0 Å². The van der Waals surface area contributed by atoms with Gasteiger partial charge >= 0.3 is 0 Å². The van der Waals surface area contributed by atoms with Crippen LogP contribution in [0.5, 0.6) is 0 Å². The zero-order chi connectivity index (χ0) is 19.2. The second-order valence-electron chi connectivity index (χ2n) is 6.02. The Morgan fingerprint density at radius 1 is 0.852 bits per heavy atom. The summed E-state index contributed by atoms with van der Waals surface area (Å²) in [5, 5.41) is 3.93. The number of ketones is 1. The largest absolute Gasteiger partial charge is 0.325 e. The monoisotopic (exact) mass is 397 g/mol. The molecule has 0 unspecified atom stereocenters.